The highest BCUT2D eigenvalue weighted by Crippen LogP contribution is 2.00. The third kappa shape index (κ3) is 1.78. The number of ketones is 1. The average molecular weight is 142 g/mol. The molecule has 1 aliphatic rings. The van der Waals surface area contributed by atoms with Crippen LogP contribution in [0.5, 0.6) is 0 Å². The Kier molecular flexibility index (Phi) is 2.40. The van der Waals surface area contributed by atoms with Crippen LogP contribution in [0.4, 0.5) is 0 Å². The van der Waals surface area contributed by atoms with E-state index >= 15 is 0 Å². The maximum atomic E-state index is 11.0. The van der Waals surface area contributed by atoms with Crippen molar-refractivity contribution in [3.8, 4) is 0 Å². The second kappa shape index (κ2) is 3.12. The lowest BCUT2D eigenvalue weighted by molar-refractivity contribution is -0.118. The van der Waals surface area contributed by atoms with E-state index in [0.29, 0.717) is 12.2 Å². The van der Waals surface area contributed by atoms with Gasteiger partial charge in [0.1, 0.15) is 0 Å². The lowest BCUT2D eigenvalue weighted by Crippen LogP contribution is -2.37. The fourth-order valence-corrected chi connectivity index (χ4v) is 1.19. The van der Waals surface area contributed by atoms with Gasteiger partial charge in [-0.25, -0.2) is 0 Å². The van der Waals surface area contributed by atoms with Gasteiger partial charge in [-0.15, -0.1) is 0 Å². The molecule has 3 nitrogen and oxygen atoms in total. The minimum absolute atomic E-state index is 0.0926. The molecule has 1 atom stereocenters. The van der Waals surface area contributed by atoms with Crippen molar-refractivity contribution in [1.29, 1.82) is 0 Å². The van der Waals surface area contributed by atoms with E-state index in [4.69, 9.17) is 0 Å². The maximum absolute atomic E-state index is 11.0. The summed E-state index contributed by atoms with van der Waals surface area (Å²) in [6, 6.07) is 0.0926. The first-order valence-corrected chi connectivity index (χ1v) is 3.61. The Labute approximate surface area is 61.4 Å². The smallest absolute Gasteiger partial charge is 0.152 e. The molecule has 0 aliphatic carbocycles. The van der Waals surface area contributed by atoms with Crippen molar-refractivity contribution in [2.45, 2.75) is 12.5 Å². The summed E-state index contributed by atoms with van der Waals surface area (Å²) in [7, 11) is 3.96. The normalized spacial score (nSPS) is 26.3. The summed E-state index contributed by atoms with van der Waals surface area (Å²) in [6.45, 7) is 1.69. The van der Waals surface area contributed by atoms with Crippen molar-refractivity contribution in [3.05, 3.63) is 0 Å². The summed E-state index contributed by atoms with van der Waals surface area (Å²) < 4.78 is 0. The monoisotopic (exact) mass is 142 g/mol. The molecular formula is C7H14N2O. The van der Waals surface area contributed by atoms with Crippen molar-refractivity contribution in [1.82, 2.24) is 10.2 Å². The van der Waals surface area contributed by atoms with Gasteiger partial charge in [0.2, 0.25) is 0 Å². The van der Waals surface area contributed by atoms with Crippen molar-refractivity contribution in [2.75, 3.05) is 27.2 Å². The third-order valence-electron chi connectivity index (χ3n) is 1.70. The SMILES string of the molecule is CN(C)CC1NCCC1=O. The van der Waals surface area contributed by atoms with E-state index in [1.807, 2.05) is 19.0 Å². The molecule has 1 rings (SSSR count). The van der Waals surface area contributed by atoms with Gasteiger partial charge in [0.15, 0.2) is 5.78 Å². The van der Waals surface area contributed by atoms with E-state index in [0.717, 1.165) is 13.1 Å². The van der Waals surface area contributed by atoms with Crippen LogP contribution >= 0.6 is 0 Å². The first kappa shape index (κ1) is 7.69. The standard InChI is InChI=1S/C7H14N2O/c1-9(2)5-6-7(10)3-4-8-6/h6,8H,3-5H2,1-2H3. The van der Waals surface area contributed by atoms with Crippen LogP contribution in [0.25, 0.3) is 0 Å². The molecule has 3 heteroatoms. The van der Waals surface area contributed by atoms with Gasteiger partial charge >= 0.3 is 0 Å². The molecule has 1 saturated heterocycles. The minimum Gasteiger partial charge on any atom is -0.307 e. The molecular weight excluding hydrogens is 128 g/mol. The molecule has 0 saturated carbocycles. The summed E-state index contributed by atoms with van der Waals surface area (Å²) in [4.78, 5) is 13.0. The second-order valence-corrected chi connectivity index (χ2v) is 2.99. The van der Waals surface area contributed by atoms with Crippen LogP contribution in [0, 0.1) is 0 Å². The summed E-state index contributed by atoms with van der Waals surface area (Å²) >= 11 is 0. The summed E-state index contributed by atoms with van der Waals surface area (Å²) in [5.41, 5.74) is 0. The maximum Gasteiger partial charge on any atom is 0.152 e. The van der Waals surface area contributed by atoms with Crippen LogP contribution in [0.1, 0.15) is 6.42 Å². The molecule has 0 amide bonds. The molecule has 1 unspecified atom stereocenters. The molecule has 10 heavy (non-hydrogen) atoms. The van der Waals surface area contributed by atoms with Gasteiger partial charge in [-0.2, -0.15) is 0 Å². The van der Waals surface area contributed by atoms with Crippen LogP contribution in [0.15, 0.2) is 0 Å². The Morgan fingerprint density at radius 1 is 1.70 bits per heavy atom. The van der Waals surface area contributed by atoms with Crippen molar-refractivity contribution < 1.29 is 4.79 Å². The minimum atomic E-state index is 0.0926. The molecule has 58 valence electrons. The molecule has 0 aromatic heterocycles. The van der Waals surface area contributed by atoms with Crippen molar-refractivity contribution >= 4 is 5.78 Å². The molecule has 0 bridgehead atoms. The average Bonchev–Trinajstić information content (AvgIpc) is 2.15. The van der Waals surface area contributed by atoms with Gasteiger partial charge in [0, 0.05) is 19.5 Å². The second-order valence-electron chi connectivity index (χ2n) is 2.99. The number of Topliss-reactive ketones (excluding diaryl/α,β-unsaturated/α-hetero) is 1. The summed E-state index contributed by atoms with van der Waals surface area (Å²) in [5, 5.41) is 3.15. The number of nitrogens with one attached hydrogen (secondary N) is 1. The van der Waals surface area contributed by atoms with Gasteiger partial charge in [-0.05, 0) is 14.1 Å². The lowest BCUT2D eigenvalue weighted by atomic mass is 10.2. The van der Waals surface area contributed by atoms with E-state index in [1.54, 1.807) is 0 Å². The molecule has 0 aromatic rings. The quantitative estimate of drug-likeness (QED) is 0.563. The molecule has 1 fully saturated rings. The highest BCUT2D eigenvalue weighted by Gasteiger charge is 2.23. The number of hydrogen-bond donors (Lipinski definition) is 1. The van der Waals surface area contributed by atoms with Crippen LogP contribution < -0.4 is 5.32 Å². The first-order valence-electron chi connectivity index (χ1n) is 3.61. The van der Waals surface area contributed by atoms with Crippen molar-refractivity contribution in [2.24, 2.45) is 0 Å². The van der Waals surface area contributed by atoms with Gasteiger partial charge in [-0.1, -0.05) is 0 Å². The van der Waals surface area contributed by atoms with E-state index in [9.17, 15) is 4.79 Å². The van der Waals surface area contributed by atoms with Crippen LogP contribution in [-0.2, 0) is 4.79 Å². The number of hydrogen-bond acceptors (Lipinski definition) is 3. The number of carbonyl (C=O) groups is 1. The number of rotatable bonds is 2. The van der Waals surface area contributed by atoms with Gasteiger partial charge in [0.25, 0.3) is 0 Å². The lowest BCUT2D eigenvalue weighted by Gasteiger charge is -2.14. The molecule has 0 aromatic carbocycles. The van der Waals surface area contributed by atoms with Gasteiger partial charge in [0.05, 0.1) is 6.04 Å². The zero-order valence-corrected chi connectivity index (χ0v) is 6.55. The van der Waals surface area contributed by atoms with Gasteiger partial charge in [-0.3, -0.25) is 4.79 Å². The Morgan fingerprint density at radius 2 is 2.40 bits per heavy atom. The Morgan fingerprint density at radius 3 is 2.80 bits per heavy atom. The van der Waals surface area contributed by atoms with Crippen LogP contribution in [0.3, 0.4) is 0 Å². The van der Waals surface area contributed by atoms with Crippen LogP contribution in [0.2, 0.25) is 0 Å². The predicted octanol–water partition coefficient (Wildman–Crippen LogP) is -0.521. The highest BCUT2D eigenvalue weighted by molar-refractivity contribution is 5.86. The Bertz CT molecular complexity index is 134. The Balaban J connectivity index is 2.33. The first-order chi connectivity index (χ1) is 4.70. The predicted molar refractivity (Wildman–Crippen MR) is 40.0 cm³/mol. The van der Waals surface area contributed by atoms with Gasteiger partial charge < -0.3 is 10.2 Å². The fourth-order valence-electron chi connectivity index (χ4n) is 1.19. The van der Waals surface area contributed by atoms with Crippen molar-refractivity contribution in [3.63, 3.8) is 0 Å². The largest absolute Gasteiger partial charge is 0.307 e. The van der Waals surface area contributed by atoms with Crippen LogP contribution in [-0.4, -0.2) is 43.9 Å². The molecule has 1 N–H and O–H groups in total. The molecule has 1 heterocycles. The molecule has 0 radical (unpaired) electrons. The summed E-state index contributed by atoms with van der Waals surface area (Å²) in [5.74, 6) is 0.355. The van der Waals surface area contributed by atoms with E-state index < -0.39 is 0 Å². The third-order valence-corrected chi connectivity index (χ3v) is 1.70. The zero-order chi connectivity index (χ0) is 7.56. The zero-order valence-electron chi connectivity index (χ0n) is 6.55. The Hall–Kier alpha value is -0.410. The number of nitrogens with zero attached hydrogens (tertiary/aromatic N) is 1. The summed E-state index contributed by atoms with van der Waals surface area (Å²) in [6.07, 6.45) is 0.707. The molecule has 0 spiro atoms. The van der Waals surface area contributed by atoms with E-state index in [2.05, 4.69) is 5.32 Å². The number of carbonyl (C=O) groups excluding carboxylic acids is 1. The van der Waals surface area contributed by atoms with E-state index in [-0.39, 0.29) is 6.04 Å². The molecule has 1 aliphatic heterocycles. The highest BCUT2D eigenvalue weighted by atomic mass is 16.1. The van der Waals surface area contributed by atoms with E-state index in [1.165, 1.54) is 0 Å². The fraction of sp³-hybridized carbons (Fsp3) is 0.857. The number of likely N-dealkylation sites (N-methyl/N-ethyl adjacent to an activating group) is 1. The topological polar surface area (TPSA) is 32.3 Å².